The van der Waals surface area contributed by atoms with Gasteiger partial charge in [-0.25, -0.2) is 4.00 Å². The van der Waals surface area contributed by atoms with Gasteiger partial charge in [0.25, 0.3) is 0 Å². The molecule has 1 aromatic carbocycles. The van der Waals surface area contributed by atoms with Crippen LogP contribution < -0.4 is 5.11 Å². The number of hydrogen-bond acceptors (Lipinski definition) is 5. The number of carboxylic acids is 1. The average molecular weight is 264 g/mol. The molecule has 0 aliphatic heterocycles. The van der Waals surface area contributed by atoms with Gasteiger partial charge in [0.05, 0.1) is 27.1 Å². The monoisotopic (exact) mass is 263 g/mol. The molecule has 0 atom stereocenters. The third kappa shape index (κ3) is 6.49. The van der Waals surface area contributed by atoms with Gasteiger partial charge in [0, 0.05) is 5.56 Å². The van der Waals surface area contributed by atoms with Gasteiger partial charge in [-0.2, -0.15) is 0 Å². The first-order chi connectivity index (χ1) is 7.52. The highest BCUT2D eigenvalue weighted by Gasteiger charge is 2.07. The number of phenolic OH excluding ortho intramolecular Hbond substituents is 3. The van der Waals surface area contributed by atoms with Crippen molar-refractivity contribution >= 4 is 17.7 Å². The number of hydrogen-bond donors (Lipinski definition) is 3. The number of carbonyl (C=O) groups excluding carboxylic acids is 1. The van der Waals surface area contributed by atoms with Gasteiger partial charge in [0.15, 0.2) is 29.0 Å². The highest BCUT2D eigenvalue weighted by atomic mass is 35.5. The molecule has 0 bridgehead atoms. The van der Waals surface area contributed by atoms with Gasteiger partial charge in [-0.1, -0.05) is 0 Å². The summed E-state index contributed by atoms with van der Waals surface area (Å²) in [6, 6.07) is 1.56. The van der Waals surface area contributed by atoms with E-state index >= 15 is 0 Å². The summed E-state index contributed by atoms with van der Waals surface area (Å²) in [7, 11) is 5.67. The summed E-state index contributed by atoms with van der Waals surface area (Å²) in [4.78, 5) is 10.2. The summed E-state index contributed by atoms with van der Waals surface area (Å²) in [5, 5.41) is 36.7. The van der Waals surface area contributed by atoms with Gasteiger partial charge >= 0.3 is 0 Å². The molecule has 0 fully saturated rings. The Labute approximate surface area is 104 Å². The molecular weight excluding hydrogens is 250 g/mol. The summed E-state index contributed by atoms with van der Waals surface area (Å²) in [5.74, 6) is -3.69. The maximum absolute atomic E-state index is 10.2. The van der Waals surface area contributed by atoms with E-state index in [9.17, 15) is 9.90 Å². The second-order valence-corrected chi connectivity index (χ2v) is 5.01. The fourth-order valence-electron chi connectivity index (χ4n) is 0.722. The van der Waals surface area contributed by atoms with E-state index in [-0.39, 0.29) is 0 Å². The lowest BCUT2D eigenvalue weighted by Gasteiger charge is -2.07. The van der Waals surface area contributed by atoms with Gasteiger partial charge in [0.1, 0.15) is 0 Å². The van der Waals surface area contributed by atoms with Gasteiger partial charge in [-0.05, 0) is 12.1 Å². The van der Waals surface area contributed by atoms with Crippen LogP contribution in [0.1, 0.15) is 10.4 Å². The van der Waals surface area contributed by atoms with Crippen LogP contribution in [0.15, 0.2) is 12.1 Å². The largest absolute Gasteiger partial charge is 0.545 e. The summed E-state index contributed by atoms with van der Waals surface area (Å²) in [5.41, 5.74) is -0.400. The number of halogens is 1. The van der Waals surface area contributed by atoms with E-state index in [4.69, 9.17) is 27.1 Å². The zero-order valence-corrected chi connectivity index (χ0v) is 10.4. The van der Waals surface area contributed by atoms with Crippen LogP contribution in [0.3, 0.4) is 0 Å². The molecule has 0 spiro atoms. The Morgan fingerprint density at radius 2 is 1.47 bits per heavy atom. The van der Waals surface area contributed by atoms with Crippen molar-refractivity contribution in [2.24, 2.45) is 0 Å². The number of phenols is 3. The van der Waals surface area contributed by atoms with Crippen LogP contribution in [0.2, 0.25) is 0 Å². The number of carbonyl (C=O) groups is 1. The summed E-state index contributed by atoms with van der Waals surface area (Å²) in [6.45, 7) is 0. The van der Waals surface area contributed by atoms with Gasteiger partial charge in [-0.15, -0.1) is 0 Å². The molecule has 0 unspecified atom stereocenters. The van der Waals surface area contributed by atoms with E-state index < -0.39 is 28.8 Å². The predicted molar refractivity (Wildman–Crippen MR) is 59.7 cm³/mol. The van der Waals surface area contributed by atoms with Crippen LogP contribution in [0.25, 0.3) is 0 Å². The van der Waals surface area contributed by atoms with Crippen molar-refractivity contribution in [1.82, 2.24) is 0 Å². The molecule has 0 saturated carbocycles. The summed E-state index contributed by atoms with van der Waals surface area (Å²) in [6.07, 6.45) is 0. The Kier molecular flexibility index (Phi) is 5.06. The molecule has 7 heteroatoms. The molecule has 96 valence electrons. The average Bonchev–Trinajstić information content (AvgIpc) is 2.10. The maximum Gasteiger partial charge on any atom is 0.200 e. The van der Waals surface area contributed by atoms with Crippen LogP contribution in [0.5, 0.6) is 17.2 Å². The number of nitrogens with zero attached hydrogens (tertiary/aromatic N) is 1. The van der Waals surface area contributed by atoms with E-state index in [0.29, 0.717) is 4.00 Å². The Balaban J connectivity index is 0.000000437. The number of aromatic hydroxyl groups is 3. The minimum atomic E-state index is -1.54. The molecule has 0 amide bonds. The number of carboxylic acid groups (broad SMARTS) is 1. The first-order valence-electron chi connectivity index (χ1n) is 4.49. The third-order valence-electron chi connectivity index (χ3n) is 1.31. The Morgan fingerprint density at radius 3 is 1.71 bits per heavy atom. The fraction of sp³-hybridized carbons (Fsp3) is 0.300. The van der Waals surface area contributed by atoms with Crippen molar-refractivity contribution < 1.29 is 29.2 Å². The Bertz CT molecular complexity index is 385. The first-order valence-corrected chi connectivity index (χ1v) is 4.83. The van der Waals surface area contributed by atoms with Crippen LogP contribution in [0.4, 0.5) is 0 Å². The van der Waals surface area contributed by atoms with Crippen molar-refractivity contribution in [3.63, 3.8) is 0 Å². The molecule has 1 rings (SSSR count). The van der Waals surface area contributed by atoms with Gasteiger partial charge in [0.2, 0.25) is 0 Å². The molecule has 1 aromatic rings. The molecular formula is C10H14ClNO5. The topological polar surface area (TPSA) is 101 Å². The van der Waals surface area contributed by atoms with Crippen molar-refractivity contribution in [2.75, 3.05) is 21.1 Å². The van der Waals surface area contributed by atoms with Gasteiger partial charge < -0.3 is 25.2 Å². The van der Waals surface area contributed by atoms with E-state index in [2.05, 4.69) is 0 Å². The molecule has 6 nitrogen and oxygen atoms in total. The number of aromatic carboxylic acids is 1. The smallest absolute Gasteiger partial charge is 0.200 e. The molecule has 0 saturated heterocycles. The van der Waals surface area contributed by atoms with E-state index in [0.717, 1.165) is 12.1 Å². The van der Waals surface area contributed by atoms with E-state index in [1.54, 1.807) is 0 Å². The van der Waals surface area contributed by atoms with Gasteiger partial charge in [-0.3, -0.25) is 0 Å². The number of benzene rings is 1. The highest BCUT2D eigenvalue weighted by Crippen LogP contribution is 2.34. The maximum atomic E-state index is 10.2. The van der Waals surface area contributed by atoms with Crippen LogP contribution in [0, 0.1) is 0 Å². The molecule has 0 aliphatic rings. The summed E-state index contributed by atoms with van der Waals surface area (Å²) >= 11 is 5.47. The van der Waals surface area contributed by atoms with E-state index in [1.165, 1.54) is 0 Å². The van der Waals surface area contributed by atoms with Crippen LogP contribution in [-0.4, -0.2) is 46.4 Å². The fourth-order valence-corrected chi connectivity index (χ4v) is 0.722. The Hall–Kier alpha value is -1.66. The molecule has 17 heavy (non-hydrogen) atoms. The highest BCUT2D eigenvalue weighted by molar-refractivity contribution is 6.06. The number of rotatable bonds is 1. The molecule has 0 heterocycles. The lowest BCUT2D eigenvalue weighted by atomic mass is 10.2. The van der Waals surface area contributed by atoms with Crippen molar-refractivity contribution in [2.45, 2.75) is 0 Å². The standard InChI is InChI=1S/C7H6O5.C3H9ClN/c8-4-1-3(7(11)12)2-5(9)6(4)10;1-5(2,3)4/h1-2,8-10H,(H,11,12);1-3H3/q;+1/p-1. The van der Waals surface area contributed by atoms with E-state index in [1.807, 2.05) is 21.1 Å². The number of quaternary nitrogens is 1. The van der Waals surface area contributed by atoms with Crippen molar-refractivity contribution in [3.8, 4) is 17.2 Å². The lowest BCUT2D eigenvalue weighted by molar-refractivity contribution is -0.747. The minimum Gasteiger partial charge on any atom is -0.545 e. The zero-order chi connectivity index (χ0) is 13.8. The molecule has 0 aromatic heterocycles. The second-order valence-electron chi connectivity index (χ2n) is 4.00. The first kappa shape index (κ1) is 15.3. The minimum absolute atomic E-state index is 0.400. The summed E-state index contributed by atoms with van der Waals surface area (Å²) < 4.78 is 0.472. The van der Waals surface area contributed by atoms with Crippen LogP contribution in [-0.2, 0) is 0 Å². The SMILES string of the molecule is C[N+](C)(C)Cl.O=C([O-])c1cc(O)c(O)c(O)c1. The molecule has 0 aliphatic carbocycles. The zero-order valence-electron chi connectivity index (χ0n) is 9.64. The second kappa shape index (κ2) is 5.60. The predicted octanol–water partition coefficient (Wildman–Crippen LogP) is 0.0133. The normalized spacial score (nSPS) is 10.4. The lowest BCUT2D eigenvalue weighted by Crippen LogP contribution is -2.21. The Morgan fingerprint density at radius 1 is 1.18 bits per heavy atom. The third-order valence-corrected chi connectivity index (χ3v) is 1.31. The molecule has 0 radical (unpaired) electrons. The van der Waals surface area contributed by atoms with Crippen molar-refractivity contribution in [1.29, 1.82) is 0 Å². The van der Waals surface area contributed by atoms with Crippen molar-refractivity contribution in [3.05, 3.63) is 17.7 Å². The molecule has 3 N–H and O–H groups in total. The quantitative estimate of drug-likeness (QED) is 0.490. The van der Waals surface area contributed by atoms with Crippen LogP contribution >= 0.6 is 11.8 Å².